The highest BCUT2D eigenvalue weighted by atomic mass is 35.5. The topological polar surface area (TPSA) is 29.5 Å². The van der Waals surface area contributed by atoms with E-state index in [-0.39, 0.29) is 5.78 Å². The summed E-state index contributed by atoms with van der Waals surface area (Å²) in [5.41, 5.74) is 0.684. The monoisotopic (exact) mass is 267 g/mol. The summed E-state index contributed by atoms with van der Waals surface area (Å²) in [6.07, 6.45) is 1.00. The number of rotatable bonds is 4. The van der Waals surface area contributed by atoms with Gasteiger partial charge in [0, 0.05) is 23.2 Å². The number of morpholine rings is 1. The minimum atomic E-state index is 0.123. The highest BCUT2D eigenvalue weighted by Gasteiger charge is 2.23. The molecule has 0 aliphatic carbocycles. The molecule has 1 aliphatic rings. The standard InChI is InChI=1S/C14H18ClNO2/c1-2-13-10-18-7-6-16(13)9-14(17)11-4-3-5-12(15)8-11/h3-5,8,13H,2,6-7,9-10H2,1H3. The highest BCUT2D eigenvalue weighted by molar-refractivity contribution is 6.31. The molecule has 3 nitrogen and oxygen atoms in total. The van der Waals surface area contributed by atoms with Crippen LogP contribution < -0.4 is 0 Å². The van der Waals surface area contributed by atoms with Crippen LogP contribution in [-0.2, 0) is 4.74 Å². The van der Waals surface area contributed by atoms with Crippen molar-refractivity contribution < 1.29 is 9.53 Å². The third kappa shape index (κ3) is 3.31. The number of carbonyl (C=O) groups is 1. The minimum absolute atomic E-state index is 0.123. The number of hydrogen-bond acceptors (Lipinski definition) is 3. The Hall–Kier alpha value is -0.900. The lowest BCUT2D eigenvalue weighted by atomic mass is 10.1. The average Bonchev–Trinajstić information content (AvgIpc) is 2.39. The Morgan fingerprint density at radius 1 is 1.56 bits per heavy atom. The molecule has 1 atom stereocenters. The van der Waals surface area contributed by atoms with Crippen molar-refractivity contribution in [3.63, 3.8) is 0 Å². The van der Waals surface area contributed by atoms with Gasteiger partial charge in [-0.1, -0.05) is 30.7 Å². The lowest BCUT2D eigenvalue weighted by molar-refractivity contribution is -0.00585. The fourth-order valence-corrected chi connectivity index (χ4v) is 2.40. The molecule has 1 aromatic carbocycles. The third-order valence-corrected chi connectivity index (χ3v) is 3.55. The number of halogens is 1. The van der Waals surface area contributed by atoms with Crippen molar-refractivity contribution in [3.8, 4) is 0 Å². The van der Waals surface area contributed by atoms with Crippen LogP contribution in [0.1, 0.15) is 23.7 Å². The Morgan fingerprint density at radius 2 is 2.39 bits per heavy atom. The number of Topliss-reactive ketones (excluding diaryl/α,β-unsaturated/α-hetero) is 1. The van der Waals surface area contributed by atoms with Gasteiger partial charge in [0.2, 0.25) is 0 Å². The summed E-state index contributed by atoms with van der Waals surface area (Å²) in [7, 11) is 0. The molecule has 0 aromatic heterocycles. The van der Waals surface area contributed by atoms with Crippen LogP contribution in [0.2, 0.25) is 5.02 Å². The quantitative estimate of drug-likeness (QED) is 0.786. The molecule has 0 saturated carbocycles. The lowest BCUT2D eigenvalue weighted by Gasteiger charge is -2.34. The Kier molecular flexibility index (Phi) is 4.75. The molecule has 1 unspecified atom stereocenters. The van der Waals surface area contributed by atoms with Gasteiger partial charge in [0.25, 0.3) is 0 Å². The van der Waals surface area contributed by atoms with E-state index in [2.05, 4.69) is 11.8 Å². The lowest BCUT2D eigenvalue weighted by Crippen LogP contribution is -2.47. The predicted octanol–water partition coefficient (Wildman–Crippen LogP) is 2.63. The smallest absolute Gasteiger partial charge is 0.176 e. The van der Waals surface area contributed by atoms with Crippen molar-refractivity contribution >= 4 is 17.4 Å². The van der Waals surface area contributed by atoms with Gasteiger partial charge in [0.15, 0.2) is 5.78 Å². The van der Waals surface area contributed by atoms with Crippen LogP contribution in [0.15, 0.2) is 24.3 Å². The predicted molar refractivity (Wildman–Crippen MR) is 72.3 cm³/mol. The third-order valence-electron chi connectivity index (χ3n) is 3.31. The number of benzene rings is 1. The molecule has 1 aliphatic heterocycles. The van der Waals surface area contributed by atoms with E-state index in [1.165, 1.54) is 0 Å². The van der Waals surface area contributed by atoms with Crippen molar-refractivity contribution in [2.45, 2.75) is 19.4 Å². The summed E-state index contributed by atoms with van der Waals surface area (Å²) in [4.78, 5) is 14.4. The Morgan fingerprint density at radius 3 is 3.11 bits per heavy atom. The maximum absolute atomic E-state index is 12.2. The normalized spacial score (nSPS) is 20.9. The largest absolute Gasteiger partial charge is 0.378 e. The first-order chi connectivity index (χ1) is 8.70. The van der Waals surface area contributed by atoms with Gasteiger partial charge in [-0.25, -0.2) is 0 Å². The van der Waals surface area contributed by atoms with Gasteiger partial charge in [-0.2, -0.15) is 0 Å². The van der Waals surface area contributed by atoms with Gasteiger partial charge in [0.1, 0.15) is 0 Å². The molecule has 98 valence electrons. The molecule has 0 bridgehead atoms. The summed E-state index contributed by atoms with van der Waals surface area (Å²) in [6, 6.07) is 7.48. The zero-order chi connectivity index (χ0) is 13.0. The van der Waals surface area contributed by atoms with Crippen LogP contribution in [0.25, 0.3) is 0 Å². The first-order valence-electron chi connectivity index (χ1n) is 6.31. The van der Waals surface area contributed by atoms with Gasteiger partial charge >= 0.3 is 0 Å². The van der Waals surface area contributed by atoms with E-state index in [0.717, 1.165) is 19.6 Å². The molecule has 2 rings (SSSR count). The zero-order valence-electron chi connectivity index (χ0n) is 10.6. The van der Waals surface area contributed by atoms with E-state index < -0.39 is 0 Å². The SMILES string of the molecule is CCC1COCCN1CC(=O)c1cccc(Cl)c1. The summed E-state index contributed by atoms with van der Waals surface area (Å²) in [6.45, 7) is 4.82. The molecular formula is C14H18ClNO2. The maximum Gasteiger partial charge on any atom is 0.176 e. The molecule has 0 amide bonds. The number of hydrogen-bond donors (Lipinski definition) is 0. The van der Waals surface area contributed by atoms with Crippen LogP contribution in [0.3, 0.4) is 0 Å². The minimum Gasteiger partial charge on any atom is -0.378 e. The number of carbonyl (C=O) groups excluding carboxylic acids is 1. The second kappa shape index (κ2) is 6.32. The van der Waals surface area contributed by atoms with Crippen LogP contribution in [0.4, 0.5) is 0 Å². The molecule has 0 N–H and O–H groups in total. The zero-order valence-corrected chi connectivity index (χ0v) is 11.3. The van der Waals surface area contributed by atoms with Gasteiger partial charge in [-0.15, -0.1) is 0 Å². The molecule has 1 aromatic rings. The fourth-order valence-electron chi connectivity index (χ4n) is 2.21. The molecular weight excluding hydrogens is 250 g/mol. The average molecular weight is 268 g/mol. The van der Waals surface area contributed by atoms with E-state index >= 15 is 0 Å². The van der Waals surface area contributed by atoms with E-state index in [1.807, 2.05) is 12.1 Å². The maximum atomic E-state index is 12.2. The second-order valence-electron chi connectivity index (χ2n) is 4.54. The molecule has 1 heterocycles. The van der Waals surface area contributed by atoms with Crippen LogP contribution >= 0.6 is 11.6 Å². The first kappa shape index (κ1) is 13.5. The number of nitrogens with zero attached hydrogens (tertiary/aromatic N) is 1. The Balaban J connectivity index is 2.02. The van der Waals surface area contributed by atoms with Crippen molar-refractivity contribution in [2.75, 3.05) is 26.3 Å². The second-order valence-corrected chi connectivity index (χ2v) is 4.98. The van der Waals surface area contributed by atoms with E-state index in [9.17, 15) is 4.79 Å². The van der Waals surface area contributed by atoms with Crippen LogP contribution in [0, 0.1) is 0 Å². The summed E-state index contributed by atoms with van der Waals surface area (Å²) >= 11 is 5.90. The van der Waals surface area contributed by atoms with Crippen LogP contribution in [-0.4, -0.2) is 43.0 Å². The van der Waals surface area contributed by atoms with E-state index in [0.29, 0.717) is 29.8 Å². The molecule has 0 radical (unpaired) electrons. The van der Waals surface area contributed by atoms with Crippen molar-refractivity contribution in [3.05, 3.63) is 34.9 Å². The van der Waals surface area contributed by atoms with E-state index in [1.54, 1.807) is 12.1 Å². The fraction of sp³-hybridized carbons (Fsp3) is 0.500. The van der Waals surface area contributed by atoms with E-state index in [4.69, 9.17) is 16.3 Å². The molecule has 1 fully saturated rings. The molecule has 18 heavy (non-hydrogen) atoms. The number of ether oxygens (including phenoxy) is 1. The molecule has 0 spiro atoms. The molecule has 4 heteroatoms. The van der Waals surface area contributed by atoms with Crippen molar-refractivity contribution in [1.82, 2.24) is 4.90 Å². The van der Waals surface area contributed by atoms with Gasteiger partial charge in [0.05, 0.1) is 19.8 Å². The van der Waals surface area contributed by atoms with Crippen molar-refractivity contribution in [2.24, 2.45) is 0 Å². The van der Waals surface area contributed by atoms with Gasteiger partial charge in [-0.3, -0.25) is 9.69 Å². The molecule has 1 saturated heterocycles. The summed E-state index contributed by atoms with van der Waals surface area (Å²) < 4.78 is 5.44. The van der Waals surface area contributed by atoms with Gasteiger partial charge < -0.3 is 4.74 Å². The Labute approximate surface area is 113 Å². The highest BCUT2D eigenvalue weighted by Crippen LogP contribution is 2.14. The summed E-state index contributed by atoms with van der Waals surface area (Å²) in [5.74, 6) is 0.123. The van der Waals surface area contributed by atoms with Crippen LogP contribution in [0.5, 0.6) is 0 Å². The first-order valence-corrected chi connectivity index (χ1v) is 6.69. The summed E-state index contributed by atoms with van der Waals surface area (Å²) in [5, 5.41) is 0.606. The van der Waals surface area contributed by atoms with Crippen molar-refractivity contribution in [1.29, 1.82) is 0 Å². The Bertz CT molecular complexity index is 422. The van der Waals surface area contributed by atoms with Gasteiger partial charge in [-0.05, 0) is 18.6 Å². The number of ketones is 1.